The Balaban J connectivity index is 1.59. The quantitative estimate of drug-likeness (QED) is 0.861. The van der Waals surface area contributed by atoms with Crippen LogP contribution in [0.1, 0.15) is 40.3 Å². The Bertz CT molecular complexity index is 920. The predicted octanol–water partition coefficient (Wildman–Crippen LogP) is 1.55. The molecule has 0 bridgehead atoms. The number of carbonyl (C=O) groups is 1. The number of fused-ring (bicyclic) bond motifs is 2. The van der Waals surface area contributed by atoms with Crippen LogP contribution in [0, 0.1) is 6.92 Å². The number of thiophene rings is 1. The lowest BCUT2D eigenvalue weighted by Gasteiger charge is -2.30. The van der Waals surface area contributed by atoms with Gasteiger partial charge in [-0.15, -0.1) is 11.3 Å². The topological polar surface area (TPSA) is 76.5 Å². The molecule has 2 aromatic rings. The van der Waals surface area contributed by atoms with Crippen molar-refractivity contribution in [1.82, 2.24) is 19.8 Å². The summed E-state index contributed by atoms with van der Waals surface area (Å²) in [5.74, 6) is 0.712. The summed E-state index contributed by atoms with van der Waals surface area (Å²) in [4.78, 5) is 33.9. The van der Waals surface area contributed by atoms with Crippen LogP contribution in [0.2, 0.25) is 0 Å². The minimum absolute atomic E-state index is 0.00180. The normalized spacial score (nSPS) is 21.0. The van der Waals surface area contributed by atoms with Gasteiger partial charge in [0.15, 0.2) is 0 Å². The molecule has 1 saturated heterocycles. The second-order valence-corrected chi connectivity index (χ2v) is 8.50. The Hall–Kier alpha value is -1.77. The number of rotatable bonds is 3. The Kier molecular flexibility index (Phi) is 5.29. The van der Waals surface area contributed by atoms with Crippen molar-refractivity contribution in [2.75, 3.05) is 33.3 Å². The van der Waals surface area contributed by atoms with E-state index in [0.717, 1.165) is 56.7 Å². The molecule has 0 spiro atoms. The number of carbonyl (C=O) groups excluding carboxylic acids is 1. The molecule has 7 nitrogen and oxygen atoms in total. The van der Waals surface area contributed by atoms with E-state index in [0.29, 0.717) is 28.2 Å². The first-order chi connectivity index (χ1) is 13.0. The van der Waals surface area contributed by atoms with Gasteiger partial charge in [0.2, 0.25) is 0 Å². The van der Waals surface area contributed by atoms with E-state index in [1.54, 1.807) is 0 Å². The number of nitrogens with one attached hydrogen (secondary N) is 1. The van der Waals surface area contributed by atoms with Crippen molar-refractivity contribution >= 4 is 27.5 Å². The van der Waals surface area contributed by atoms with Crippen molar-refractivity contribution in [1.29, 1.82) is 0 Å². The molecule has 4 rings (SSSR count). The molecular weight excluding hydrogens is 364 g/mol. The van der Waals surface area contributed by atoms with E-state index in [1.165, 1.54) is 11.3 Å². The van der Waals surface area contributed by atoms with Gasteiger partial charge in [-0.2, -0.15) is 0 Å². The summed E-state index contributed by atoms with van der Waals surface area (Å²) in [6.45, 7) is 5.46. The second-order valence-electron chi connectivity index (χ2n) is 7.50. The fraction of sp³-hybridized carbons (Fsp3) is 0.632. The minimum atomic E-state index is -0.146. The molecule has 1 atom stereocenters. The van der Waals surface area contributed by atoms with Crippen LogP contribution in [-0.4, -0.2) is 59.8 Å². The van der Waals surface area contributed by atoms with Gasteiger partial charge in [-0.05, 0) is 32.4 Å². The molecule has 2 aliphatic rings. The number of likely N-dealkylation sites (N-methyl/N-ethyl adjacent to an activating group) is 1. The van der Waals surface area contributed by atoms with Crippen molar-refractivity contribution in [2.24, 2.45) is 0 Å². The number of hydrogen-bond donors (Lipinski definition) is 1. The zero-order chi connectivity index (χ0) is 19.0. The maximum absolute atomic E-state index is 13.0. The van der Waals surface area contributed by atoms with Gasteiger partial charge < -0.3 is 15.0 Å². The molecule has 0 unspecified atom stereocenters. The molecule has 0 aliphatic carbocycles. The highest BCUT2D eigenvalue weighted by atomic mass is 32.1. The number of nitrogens with zero attached hydrogens (tertiary/aromatic N) is 3. The average Bonchev–Trinajstić information content (AvgIpc) is 2.82. The van der Waals surface area contributed by atoms with Gasteiger partial charge >= 0.3 is 0 Å². The van der Waals surface area contributed by atoms with Crippen LogP contribution in [0.5, 0.6) is 0 Å². The van der Waals surface area contributed by atoms with Crippen LogP contribution in [-0.2, 0) is 17.7 Å². The molecule has 146 valence electrons. The van der Waals surface area contributed by atoms with Gasteiger partial charge in [-0.1, -0.05) is 6.42 Å². The summed E-state index contributed by atoms with van der Waals surface area (Å²) in [6, 6.07) is 0. The third-order valence-electron chi connectivity index (χ3n) is 5.45. The monoisotopic (exact) mass is 390 g/mol. The van der Waals surface area contributed by atoms with Crippen molar-refractivity contribution < 1.29 is 9.53 Å². The molecule has 1 fully saturated rings. The third-order valence-corrected chi connectivity index (χ3v) is 6.63. The van der Waals surface area contributed by atoms with E-state index in [4.69, 9.17) is 9.72 Å². The molecule has 8 heteroatoms. The molecule has 2 aliphatic heterocycles. The first-order valence-electron chi connectivity index (χ1n) is 9.65. The summed E-state index contributed by atoms with van der Waals surface area (Å²) >= 11 is 1.33. The molecule has 0 aromatic carbocycles. The van der Waals surface area contributed by atoms with Gasteiger partial charge in [0.05, 0.1) is 23.0 Å². The highest BCUT2D eigenvalue weighted by molar-refractivity contribution is 7.20. The second kappa shape index (κ2) is 7.69. The minimum Gasteiger partial charge on any atom is -0.374 e. The number of ether oxygens (including phenoxy) is 1. The van der Waals surface area contributed by atoms with E-state index < -0.39 is 0 Å². The van der Waals surface area contributed by atoms with Gasteiger partial charge in [0.25, 0.3) is 11.5 Å². The van der Waals surface area contributed by atoms with Crippen molar-refractivity contribution in [3.63, 3.8) is 0 Å². The van der Waals surface area contributed by atoms with Crippen LogP contribution in [0.4, 0.5) is 0 Å². The summed E-state index contributed by atoms with van der Waals surface area (Å²) in [5, 5.41) is 3.57. The smallest absolute Gasteiger partial charge is 0.262 e. The van der Waals surface area contributed by atoms with Crippen LogP contribution >= 0.6 is 11.3 Å². The molecule has 0 saturated carbocycles. The lowest BCUT2D eigenvalue weighted by Crippen LogP contribution is -2.45. The number of amides is 1. The van der Waals surface area contributed by atoms with Crippen molar-refractivity contribution in [2.45, 2.75) is 45.3 Å². The van der Waals surface area contributed by atoms with E-state index in [2.05, 4.69) is 17.3 Å². The zero-order valence-electron chi connectivity index (χ0n) is 15.9. The first kappa shape index (κ1) is 18.6. The van der Waals surface area contributed by atoms with E-state index in [9.17, 15) is 9.59 Å². The van der Waals surface area contributed by atoms with Crippen molar-refractivity contribution in [3.8, 4) is 0 Å². The van der Waals surface area contributed by atoms with E-state index in [1.807, 2.05) is 11.5 Å². The summed E-state index contributed by atoms with van der Waals surface area (Å²) < 4.78 is 7.51. The number of aromatic nitrogens is 2. The van der Waals surface area contributed by atoms with Gasteiger partial charge in [0.1, 0.15) is 10.7 Å². The van der Waals surface area contributed by atoms with Crippen LogP contribution in [0.25, 0.3) is 10.2 Å². The number of aryl methyl sites for hydroxylation is 2. The Labute approximate surface area is 162 Å². The summed E-state index contributed by atoms with van der Waals surface area (Å²) in [5.41, 5.74) is 0.744. The molecule has 1 N–H and O–H groups in total. The van der Waals surface area contributed by atoms with Gasteiger partial charge in [-0.3, -0.25) is 14.2 Å². The van der Waals surface area contributed by atoms with Gasteiger partial charge in [-0.25, -0.2) is 4.98 Å². The number of morpholine rings is 1. The fourth-order valence-electron chi connectivity index (χ4n) is 3.90. The molecule has 27 heavy (non-hydrogen) atoms. The molecular formula is C19H26N4O3S. The van der Waals surface area contributed by atoms with E-state index >= 15 is 0 Å². The Morgan fingerprint density at radius 1 is 1.33 bits per heavy atom. The SMILES string of the molecule is Cc1c(C(=O)NC[C@H]2CN(C)CCO2)sc2nc3n(c(=O)c12)CCCCC3. The molecule has 4 heterocycles. The maximum Gasteiger partial charge on any atom is 0.262 e. The first-order valence-corrected chi connectivity index (χ1v) is 10.5. The van der Waals surface area contributed by atoms with Crippen molar-refractivity contribution in [3.05, 3.63) is 26.6 Å². The standard InChI is InChI=1S/C19H26N4O3S/c1-12-15-18(21-14-6-4-3-5-7-23(14)19(15)25)27-16(12)17(24)20-10-13-11-22(2)8-9-26-13/h13H,3-11H2,1-2H3,(H,20,24)/t13-/m0/s1. The van der Waals surface area contributed by atoms with Crippen LogP contribution < -0.4 is 10.9 Å². The molecule has 0 radical (unpaired) electrons. The predicted molar refractivity (Wildman–Crippen MR) is 106 cm³/mol. The van der Waals surface area contributed by atoms with Crippen LogP contribution in [0.3, 0.4) is 0 Å². The highest BCUT2D eigenvalue weighted by Gasteiger charge is 2.23. The fourth-order valence-corrected chi connectivity index (χ4v) is 5.01. The lowest BCUT2D eigenvalue weighted by molar-refractivity contribution is -0.0174. The summed E-state index contributed by atoms with van der Waals surface area (Å²) in [7, 11) is 2.05. The largest absolute Gasteiger partial charge is 0.374 e. The lowest BCUT2D eigenvalue weighted by atomic mass is 10.2. The Morgan fingerprint density at radius 2 is 2.19 bits per heavy atom. The van der Waals surface area contributed by atoms with Crippen LogP contribution in [0.15, 0.2) is 4.79 Å². The molecule has 2 aromatic heterocycles. The Morgan fingerprint density at radius 3 is 3.00 bits per heavy atom. The summed E-state index contributed by atoms with van der Waals surface area (Å²) in [6.07, 6.45) is 4.03. The maximum atomic E-state index is 13.0. The zero-order valence-corrected chi connectivity index (χ0v) is 16.7. The van der Waals surface area contributed by atoms with Gasteiger partial charge in [0, 0.05) is 32.6 Å². The van der Waals surface area contributed by atoms with E-state index in [-0.39, 0.29) is 17.6 Å². The highest BCUT2D eigenvalue weighted by Crippen LogP contribution is 2.28. The third kappa shape index (κ3) is 3.66. The number of hydrogen-bond acceptors (Lipinski definition) is 6. The average molecular weight is 391 g/mol. The molecule has 1 amide bonds.